The molecule has 0 spiro atoms. The zero-order chi connectivity index (χ0) is 12.7. The molecule has 0 fully saturated rings. The molecule has 3 nitrogen and oxygen atoms in total. The highest BCUT2D eigenvalue weighted by atomic mass is 16.1. The number of nitrogens with zero attached hydrogens (tertiary/aromatic N) is 1. The van der Waals surface area contributed by atoms with Crippen molar-refractivity contribution in [1.29, 1.82) is 0 Å². The zero-order valence-corrected chi connectivity index (χ0v) is 10.7. The molecule has 0 bridgehead atoms. The normalized spacial score (nSPS) is 12.9. The van der Waals surface area contributed by atoms with Gasteiger partial charge in [0.25, 0.3) is 0 Å². The van der Waals surface area contributed by atoms with Gasteiger partial charge in [-0.15, -0.1) is 0 Å². The molecule has 0 radical (unpaired) electrons. The Balaban J connectivity index is 2.65. The summed E-state index contributed by atoms with van der Waals surface area (Å²) in [7, 11) is 4.03. The van der Waals surface area contributed by atoms with Gasteiger partial charge in [-0.1, -0.05) is 36.4 Å². The Bertz CT molecular complexity index is 371. The maximum atomic E-state index is 11.4. The lowest BCUT2D eigenvalue weighted by molar-refractivity contribution is -0.116. The summed E-state index contributed by atoms with van der Waals surface area (Å²) in [6.07, 6.45) is 3.28. The topological polar surface area (TPSA) is 32.3 Å². The maximum Gasteiger partial charge on any atom is 0.243 e. The number of hydrogen-bond acceptors (Lipinski definition) is 2. The van der Waals surface area contributed by atoms with Gasteiger partial charge in [0.2, 0.25) is 5.91 Å². The standard InChI is InChI=1S/C14H20N2O/c1-4-8-14(17)15-11-13(16(2)3)12-9-6-5-7-10-12/h4-10,13H,11H2,1-3H3,(H,15,17)/b8-4+/t13-/m0/s1. The highest BCUT2D eigenvalue weighted by Gasteiger charge is 2.13. The quantitative estimate of drug-likeness (QED) is 0.787. The van der Waals surface area contributed by atoms with Crippen molar-refractivity contribution in [2.75, 3.05) is 20.6 Å². The van der Waals surface area contributed by atoms with Crippen molar-refractivity contribution in [3.63, 3.8) is 0 Å². The fourth-order valence-corrected chi connectivity index (χ4v) is 1.68. The van der Waals surface area contributed by atoms with Crippen molar-refractivity contribution in [1.82, 2.24) is 10.2 Å². The largest absolute Gasteiger partial charge is 0.351 e. The van der Waals surface area contributed by atoms with E-state index in [1.807, 2.05) is 39.2 Å². The summed E-state index contributed by atoms with van der Waals surface area (Å²) in [6, 6.07) is 10.4. The SMILES string of the molecule is C/C=C/C(=O)NC[C@@H](c1ccccc1)N(C)C. The van der Waals surface area contributed by atoms with Crippen LogP contribution in [0.2, 0.25) is 0 Å². The lowest BCUT2D eigenvalue weighted by Gasteiger charge is -2.24. The van der Waals surface area contributed by atoms with Gasteiger partial charge < -0.3 is 10.2 Å². The maximum absolute atomic E-state index is 11.4. The molecule has 92 valence electrons. The molecule has 0 aliphatic carbocycles. The molecule has 17 heavy (non-hydrogen) atoms. The highest BCUT2D eigenvalue weighted by molar-refractivity contribution is 5.87. The first-order valence-corrected chi connectivity index (χ1v) is 5.77. The third kappa shape index (κ3) is 4.41. The summed E-state index contributed by atoms with van der Waals surface area (Å²) in [4.78, 5) is 13.5. The lowest BCUT2D eigenvalue weighted by Crippen LogP contribution is -2.33. The average molecular weight is 232 g/mol. The number of carbonyl (C=O) groups is 1. The van der Waals surface area contributed by atoms with Crippen LogP contribution in [0.4, 0.5) is 0 Å². The van der Waals surface area contributed by atoms with E-state index in [4.69, 9.17) is 0 Å². The lowest BCUT2D eigenvalue weighted by atomic mass is 10.1. The minimum Gasteiger partial charge on any atom is -0.351 e. The number of benzene rings is 1. The van der Waals surface area contributed by atoms with E-state index in [-0.39, 0.29) is 11.9 Å². The van der Waals surface area contributed by atoms with Crippen LogP contribution in [0.25, 0.3) is 0 Å². The first-order chi connectivity index (χ1) is 8.15. The second-order valence-electron chi connectivity index (χ2n) is 4.14. The van der Waals surface area contributed by atoms with E-state index >= 15 is 0 Å². The van der Waals surface area contributed by atoms with Crippen LogP contribution in [-0.4, -0.2) is 31.4 Å². The molecular formula is C14H20N2O. The van der Waals surface area contributed by atoms with Crippen LogP contribution in [0.3, 0.4) is 0 Å². The van der Waals surface area contributed by atoms with Crippen LogP contribution >= 0.6 is 0 Å². The van der Waals surface area contributed by atoms with Crippen LogP contribution in [0, 0.1) is 0 Å². The molecule has 0 aliphatic heterocycles. The van der Waals surface area contributed by atoms with Gasteiger partial charge >= 0.3 is 0 Å². The van der Waals surface area contributed by atoms with Crippen molar-refractivity contribution >= 4 is 5.91 Å². The first kappa shape index (κ1) is 13.5. The van der Waals surface area contributed by atoms with Gasteiger partial charge in [0, 0.05) is 6.54 Å². The number of nitrogens with one attached hydrogen (secondary N) is 1. The van der Waals surface area contributed by atoms with Gasteiger partial charge in [0.05, 0.1) is 6.04 Å². The molecule has 0 heterocycles. The van der Waals surface area contributed by atoms with E-state index < -0.39 is 0 Å². The van der Waals surface area contributed by atoms with E-state index in [2.05, 4.69) is 22.3 Å². The molecule has 1 aromatic carbocycles. The molecule has 1 amide bonds. The molecule has 0 aliphatic rings. The van der Waals surface area contributed by atoms with E-state index in [0.29, 0.717) is 6.54 Å². The third-order valence-electron chi connectivity index (χ3n) is 2.60. The van der Waals surface area contributed by atoms with Crippen LogP contribution in [0.15, 0.2) is 42.5 Å². The highest BCUT2D eigenvalue weighted by Crippen LogP contribution is 2.16. The molecule has 0 saturated heterocycles. The Labute approximate surface area is 103 Å². The van der Waals surface area contributed by atoms with Crippen molar-refractivity contribution in [2.45, 2.75) is 13.0 Å². The summed E-state index contributed by atoms with van der Waals surface area (Å²) < 4.78 is 0. The summed E-state index contributed by atoms with van der Waals surface area (Å²) in [5, 5.41) is 2.90. The summed E-state index contributed by atoms with van der Waals surface area (Å²) in [6.45, 7) is 2.44. The Hall–Kier alpha value is -1.61. The molecule has 0 saturated carbocycles. The van der Waals surface area contributed by atoms with Crippen molar-refractivity contribution in [3.05, 3.63) is 48.0 Å². The third-order valence-corrected chi connectivity index (χ3v) is 2.60. The van der Waals surface area contributed by atoms with Gasteiger partial charge in [-0.2, -0.15) is 0 Å². The molecule has 1 rings (SSSR count). The van der Waals surface area contributed by atoms with Gasteiger partial charge in [0.1, 0.15) is 0 Å². The second-order valence-corrected chi connectivity index (χ2v) is 4.14. The van der Waals surface area contributed by atoms with Gasteiger partial charge in [-0.05, 0) is 32.7 Å². The van der Waals surface area contributed by atoms with E-state index in [0.717, 1.165) is 0 Å². The second kappa shape index (κ2) is 6.86. The molecular weight excluding hydrogens is 212 g/mol. The number of allylic oxidation sites excluding steroid dienone is 1. The van der Waals surface area contributed by atoms with Crippen molar-refractivity contribution in [2.24, 2.45) is 0 Å². The minimum absolute atomic E-state index is 0.0460. The van der Waals surface area contributed by atoms with Crippen molar-refractivity contribution in [3.8, 4) is 0 Å². The van der Waals surface area contributed by atoms with Crippen LogP contribution in [0.5, 0.6) is 0 Å². The number of carbonyl (C=O) groups excluding carboxylic acids is 1. The number of hydrogen-bond donors (Lipinski definition) is 1. The van der Waals surface area contributed by atoms with Crippen LogP contribution < -0.4 is 5.32 Å². The summed E-state index contributed by atoms with van der Waals surface area (Å²) in [5.41, 5.74) is 1.21. The predicted molar refractivity (Wildman–Crippen MR) is 70.7 cm³/mol. The molecule has 1 atom stereocenters. The zero-order valence-electron chi connectivity index (χ0n) is 10.7. The van der Waals surface area contributed by atoms with Crippen molar-refractivity contribution < 1.29 is 4.79 Å². The predicted octanol–water partition coefficient (Wildman–Crippen LogP) is 1.98. The van der Waals surface area contributed by atoms with E-state index in [1.165, 1.54) is 11.6 Å². The first-order valence-electron chi connectivity index (χ1n) is 5.77. The Morgan fingerprint density at radius 3 is 2.53 bits per heavy atom. The molecule has 1 N–H and O–H groups in total. The number of likely N-dealkylation sites (N-methyl/N-ethyl adjacent to an activating group) is 1. The number of amides is 1. The average Bonchev–Trinajstić information content (AvgIpc) is 2.30. The number of rotatable bonds is 5. The molecule has 3 heteroatoms. The smallest absolute Gasteiger partial charge is 0.243 e. The Morgan fingerprint density at radius 1 is 1.35 bits per heavy atom. The Morgan fingerprint density at radius 2 is 2.00 bits per heavy atom. The van der Waals surface area contributed by atoms with E-state index in [1.54, 1.807) is 6.08 Å². The van der Waals surface area contributed by atoms with Gasteiger partial charge in [-0.3, -0.25) is 4.79 Å². The fourth-order valence-electron chi connectivity index (χ4n) is 1.68. The molecule has 0 aromatic heterocycles. The van der Waals surface area contributed by atoms with Crippen LogP contribution in [-0.2, 0) is 4.79 Å². The minimum atomic E-state index is -0.0460. The molecule has 1 aromatic rings. The van der Waals surface area contributed by atoms with Crippen LogP contribution in [0.1, 0.15) is 18.5 Å². The van der Waals surface area contributed by atoms with Gasteiger partial charge in [0.15, 0.2) is 0 Å². The fraction of sp³-hybridized carbons (Fsp3) is 0.357. The van der Waals surface area contributed by atoms with E-state index in [9.17, 15) is 4.79 Å². The summed E-state index contributed by atoms with van der Waals surface area (Å²) >= 11 is 0. The Kier molecular flexibility index (Phi) is 5.43. The van der Waals surface area contributed by atoms with Gasteiger partial charge in [-0.25, -0.2) is 0 Å². The monoisotopic (exact) mass is 232 g/mol. The summed E-state index contributed by atoms with van der Waals surface area (Å²) in [5.74, 6) is -0.0460. The molecule has 0 unspecified atom stereocenters.